The van der Waals surface area contributed by atoms with Crippen molar-refractivity contribution < 1.29 is 4.39 Å². The van der Waals surface area contributed by atoms with Crippen LogP contribution in [-0.4, -0.2) is 18.1 Å². The van der Waals surface area contributed by atoms with E-state index < -0.39 is 0 Å². The minimum absolute atomic E-state index is 0.142. The number of pyridine rings is 1. The van der Waals surface area contributed by atoms with Crippen molar-refractivity contribution in [2.24, 2.45) is 0 Å². The van der Waals surface area contributed by atoms with Crippen LogP contribution in [0.5, 0.6) is 0 Å². The Hall–Kier alpha value is -0.960. The maximum Gasteiger partial charge on any atom is 0.145 e. The summed E-state index contributed by atoms with van der Waals surface area (Å²) >= 11 is 0. The van der Waals surface area contributed by atoms with Crippen molar-refractivity contribution in [3.63, 3.8) is 0 Å². The third kappa shape index (κ3) is 1.93. The van der Waals surface area contributed by atoms with E-state index in [-0.39, 0.29) is 5.82 Å². The Morgan fingerprint density at radius 1 is 1.43 bits per heavy atom. The van der Waals surface area contributed by atoms with Gasteiger partial charge in [0.1, 0.15) is 5.82 Å². The lowest BCUT2D eigenvalue weighted by Gasteiger charge is -2.22. The number of halogens is 1. The van der Waals surface area contributed by atoms with Crippen molar-refractivity contribution in [1.82, 2.24) is 10.3 Å². The zero-order chi connectivity index (χ0) is 9.97. The van der Waals surface area contributed by atoms with Gasteiger partial charge in [0.2, 0.25) is 0 Å². The molecule has 0 radical (unpaired) electrons. The second kappa shape index (κ2) is 4.05. The highest BCUT2D eigenvalue weighted by molar-refractivity contribution is 5.18. The molecular formula is C11H15FN2. The van der Waals surface area contributed by atoms with E-state index in [0.717, 1.165) is 31.5 Å². The van der Waals surface area contributed by atoms with E-state index in [2.05, 4.69) is 10.3 Å². The number of aromatic nitrogens is 1. The van der Waals surface area contributed by atoms with Crippen molar-refractivity contribution in [1.29, 1.82) is 0 Å². The lowest BCUT2D eigenvalue weighted by Crippen LogP contribution is -2.27. The Balaban J connectivity index is 2.22. The molecule has 1 fully saturated rings. The number of rotatable bonds is 1. The molecule has 2 nitrogen and oxygen atoms in total. The first-order valence-electron chi connectivity index (χ1n) is 5.10. The van der Waals surface area contributed by atoms with Gasteiger partial charge < -0.3 is 5.32 Å². The molecule has 3 heteroatoms. The van der Waals surface area contributed by atoms with Gasteiger partial charge in [0.05, 0.1) is 5.69 Å². The number of nitrogens with zero attached hydrogens (tertiary/aromatic N) is 1. The summed E-state index contributed by atoms with van der Waals surface area (Å²) in [6, 6.07) is 1.57. The topological polar surface area (TPSA) is 24.9 Å². The fourth-order valence-electron chi connectivity index (χ4n) is 1.94. The van der Waals surface area contributed by atoms with Crippen LogP contribution in [0.2, 0.25) is 0 Å². The van der Waals surface area contributed by atoms with Crippen molar-refractivity contribution in [3.05, 3.63) is 29.3 Å². The number of piperidine rings is 1. The number of aryl methyl sites for hydroxylation is 1. The molecule has 2 rings (SSSR count). The highest BCUT2D eigenvalue weighted by Gasteiger charge is 2.19. The van der Waals surface area contributed by atoms with Crippen LogP contribution >= 0.6 is 0 Å². The maximum atomic E-state index is 13.6. The van der Waals surface area contributed by atoms with E-state index >= 15 is 0 Å². The highest BCUT2D eigenvalue weighted by Crippen LogP contribution is 2.25. The minimum Gasteiger partial charge on any atom is -0.317 e. The molecule has 1 aliphatic rings. The van der Waals surface area contributed by atoms with Crippen LogP contribution in [0.25, 0.3) is 0 Å². The molecule has 0 aromatic carbocycles. The number of nitrogens with one attached hydrogen (secondary N) is 1. The lowest BCUT2D eigenvalue weighted by atomic mass is 9.93. The summed E-state index contributed by atoms with van der Waals surface area (Å²) in [6.45, 7) is 3.81. The molecular weight excluding hydrogens is 179 g/mol. The summed E-state index contributed by atoms with van der Waals surface area (Å²) in [4.78, 5) is 4.20. The zero-order valence-electron chi connectivity index (χ0n) is 8.39. The predicted octanol–water partition coefficient (Wildman–Crippen LogP) is 2.00. The summed E-state index contributed by atoms with van der Waals surface area (Å²) in [7, 11) is 0. The Kier molecular flexibility index (Phi) is 2.77. The van der Waals surface area contributed by atoms with Gasteiger partial charge in [-0.25, -0.2) is 4.39 Å². The molecule has 1 aromatic heterocycles. The van der Waals surface area contributed by atoms with Crippen LogP contribution in [0.1, 0.15) is 30.0 Å². The van der Waals surface area contributed by atoms with Crippen LogP contribution in [-0.2, 0) is 0 Å². The Morgan fingerprint density at radius 3 is 2.79 bits per heavy atom. The van der Waals surface area contributed by atoms with Crippen LogP contribution in [0.4, 0.5) is 4.39 Å². The summed E-state index contributed by atoms with van der Waals surface area (Å²) < 4.78 is 13.6. The van der Waals surface area contributed by atoms with Gasteiger partial charge in [-0.3, -0.25) is 4.98 Å². The van der Waals surface area contributed by atoms with Crippen LogP contribution < -0.4 is 5.32 Å². The lowest BCUT2D eigenvalue weighted by molar-refractivity contribution is 0.435. The Morgan fingerprint density at radius 2 is 2.14 bits per heavy atom. The van der Waals surface area contributed by atoms with Crippen molar-refractivity contribution >= 4 is 0 Å². The van der Waals surface area contributed by atoms with Gasteiger partial charge >= 0.3 is 0 Å². The van der Waals surface area contributed by atoms with Gasteiger partial charge in [0.15, 0.2) is 0 Å². The smallest absolute Gasteiger partial charge is 0.145 e. The SMILES string of the molecule is Cc1cnc(C2CCNCC2)c(F)c1. The van der Waals surface area contributed by atoms with E-state index in [1.807, 2.05) is 6.92 Å². The first-order chi connectivity index (χ1) is 6.77. The third-order valence-electron chi connectivity index (χ3n) is 2.73. The average molecular weight is 194 g/mol. The van der Waals surface area contributed by atoms with Crippen LogP contribution in [0, 0.1) is 12.7 Å². The normalized spacial score (nSPS) is 18.4. The summed E-state index contributed by atoms with van der Waals surface area (Å²) in [5.74, 6) is 0.161. The maximum absolute atomic E-state index is 13.6. The van der Waals surface area contributed by atoms with Gasteiger partial charge in [-0.2, -0.15) is 0 Å². The molecule has 0 atom stereocenters. The Bertz CT molecular complexity index is 319. The molecule has 2 heterocycles. The van der Waals surface area contributed by atoms with Gasteiger partial charge in [-0.05, 0) is 44.5 Å². The standard InChI is InChI=1S/C11H15FN2/c1-8-6-10(12)11(14-7-8)9-2-4-13-5-3-9/h6-7,9,13H,2-5H2,1H3. The van der Waals surface area contributed by atoms with E-state index in [9.17, 15) is 4.39 Å². The second-order valence-corrected chi connectivity index (χ2v) is 3.90. The molecule has 0 amide bonds. The molecule has 76 valence electrons. The number of hydrogen-bond acceptors (Lipinski definition) is 2. The molecule has 0 saturated carbocycles. The molecule has 14 heavy (non-hydrogen) atoms. The van der Waals surface area contributed by atoms with Crippen molar-refractivity contribution in [2.75, 3.05) is 13.1 Å². The van der Waals surface area contributed by atoms with Gasteiger partial charge in [0, 0.05) is 12.1 Å². The third-order valence-corrected chi connectivity index (χ3v) is 2.73. The molecule has 1 N–H and O–H groups in total. The average Bonchev–Trinajstić information content (AvgIpc) is 2.19. The summed E-state index contributed by atoms with van der Waals surface area (Å²) in [5.41, 5.74) is 1.54. The molecule has 0 spiro atoms. The molecule has 1 saturated heterocycles. The van der Waals surface area contributed by atoms with Crippen molar-refractivity contribution in [2.45, 2.75) is 25.7 Å². The molecule has 0 bridgehead atoms. The fourth-order valence-corrected chi connectivity index (χ4v) is 1.94. The van der Waals surface area contributed by atoms with Gasteiger partial charge in [-0.1, -0.05) is 0 Å². The summed E-state index contributed by atoms with van der Waals surface area (Å²) in [6.07, 6.45) is 3.74. The number of hydrogen-bond donors (Lipinski definition) is 1. The van der Waals surface area contributed by atoms with Crippen molar-refractivity contribution in [3.8, 4) is 0 Å². The van der Waals surface area contributed by atoms with Crippen LogP contribution in [0.3, 0.4) is 0 Å². The molecule has 1 aromatic rings. The zero-order valence-corrected chi connectivity index (χ0v) is 8.39. The van der Waals surface area contributed by atoms with E-state index in [1.165, 1.54) is 0 Å². The quantitative estimate of drug-likeness (QED) is 0.739. The minimum atomic E-state index is -0.142. The fraction of sp³-hybridized carbons (Fsp3) is 0.545. The first-order valence-corrected chi connectivity index (χ1v) is 5.10. The van der Waals surface area contributed by atoms with Gasteiger partial charge in [0.25, 0.3) is 0 Å². The first kappa shape index (κ1) is 9.59. The van der Waals surface area contributed by atoms with E-state index in [0.29, 0.717) is 11.6 Å². The molecule has 0 aliphatic carbocycles. The monoisotopic (exact) mass is 194 g/mol. The van der Waals surface area contributed by atoms with E-state index in [4.69, 9.17) is 0 Å². The predicted molar refractivity (Wildman–Crippen MR) is 53.8 cm³/mol. The summed E-state index contributed by atoms with van der Waals surface area (Å²) in [5, 5.41) is 3.27. The molecule has 0 unspecified atom stereocenters. The Labute approximate surface area is 83.6 Å². The largest absolute Gasteiger partial charge is 0.317 e. The van der Waals surface area contributed by atoms with E-state index in [1.54, 1.807) is 12.3 Å². The second-order valence-electron chi connectivity index (χ2n) is 3.90. The van der Waals surface area contributed by atoms with Gasteiger partial charge in [-0.15, -0.1) is 0 Å². The van der Waals surface area contributed by atoms with Crippen LogP contribution in [0.15, 0.2) is 12.3 Å². The molecule has 1 aliphatic heterocycles. The highest BCUT2D eigenvalue weighted by atomic mass is 19.1.